The van der Waals surface area contributed by atoms with Crippen molar-refractivity contribution in [3.63, 3.8) is 0 Å². The van der Waals surface area contributed by atoms with Gasteiger partial charge in [0.15, 0.2) is 5.69 Å². The van der Waals surface area contributed by atoms with Crippen LogP contribution in [-0.2, 0) is 12.8 Å². The van der Waals surface area contributed by atoms with Crippen molar-refractivity contribution in [2.75, 3.05) is 11.9 Å². The number of amides is 1. The van der Waals surface area contributed by atoms with Gasteiger partial charge in [-0.05, 0) is 71.7 Å². The van der Waals surface area contributed by atoms with Crippen molar-refractivity contribution >= 4 is 11.7 Å². The molecule has 150 valence electrons. The van der Waals surface area contributed by atoms with E-state index in [1.54, 1.807) is 12.1 Å². The number of anilines is 1. The van der Waals surface area contributed by atoms with Crippen LogP contribution in [-0.4, -0.2) is 22.8 Å². The Morgan fingerprint density at radius 2 is 1.93 bits per heavy atom. The normalized spacial score (nSPS) is 13.0. The number of carbonyl (C=O) groups is 1. The van der Waals surface area contributed by atoms with E-state index < -0.39 is 0 Å². The highest BCUT2D eigenvalue weighted by atomic mass is 16.6. The number of carbonyl (C=O) groups excluding carboxylic acids is 1. The van der Waals surface area contributed by atoms with Crippen LogP contribution in [0.25, 0.3) is 11.3 Å². The molecule has 1 aliphatic carbocycles. The molecular weight excluding hydrogens is 366 g/mol. The van der Waals surface area contributed by atoms with E-state index in [1.165, 1.54) is 24.0 Å². The molecule has 0 unspecified atom stereocenters. The van der Waals surface area contributed by atoms with Gasteiger partial charge in [0.1, 0.15) is 5.75 Å². The zero-order chi connectivity index (χ0) is 20.1. The Morgan fingerprint density at radius 3 is 2.79 bits per heavy atom. The van der Waals surface area contributed by atoms with Crippen molar-refractivity contribution in [2.24, 2.45) is 0 Å². The second-order valence-corrected chi connectivity index (χ2v) is 7.30. The predicted molar refractivity (Wildman–Crippen MR) is 111 cm³/mol. The molecular formula is C23H25N3O3. The molecule has 6 nitrogen and oxygen atoms in total. The SMILES string of the molecule is CCCCOc1ccccc1C(=O)Nc1nonc1-c1ccc2c(c1)CCCC2. The first-order valence-corrected chi connectivity index (χ1v) is 10.2. The van der Waals surface area contributed by atoms with E-state index in [0.717, 1.165) is 31.2 Å². The van der Waals surface area contributed by atoms with Crippen LogP contribution in [0, 0.1) is 0 Å². The van der Waals surface area contributed by atoms with E-state index in [9.17, 15) is 4.79 Å². The Bertz CT molecular complexity index is 997. The molecule has 0 atom stereocenters. The minimum Gasteiger partial charge on any atom is -0.493 e. The molecule has 1 aromatic heterocycles. The molecule has 1 heterocycles. The fourth-order valence-electron chi connectivity index (χ4n) is 3.62. The van der Waals surface area contributed by atoms with Gasteiger partial charge in [-0.3, -0.25) is 4.79 Å². The van der Waals surface area contributed by atoms with Crippen molar-refractivity contribution < 1.29 is 14.2 Å². The molecule has 2 aromatic carbocycles. The van der Waals surface area contributed by atoms with Gasteiger partial charge < -0.3 is 10.1 Å². The molecule has 4 rings (SSSR count). The lowest BCUT2D eigenvalue weighted by Gasteiger charge is -2.16. The van der Waals surface area contributed by atoms with E-state index in [4.69, 9.17) is 9.37 Å². The summed E-state index contributed by atoms with van der Waals surface area (Å²) in [6.45, 7) is 2.68. The molecule has 0 spiro atoms. The molecule has 0 bridgehead atoms. The van der Waals surface area contributed by atoms with Crippen LogP contribution >= 0.6 is 0 Å². The summed E-state index contributed by atoms with van der Waals surface area (Å²) in [5.74, 6) is 0.575. The number of aryl methyl sites for hydroxylation is 2. The fourth-order valence-corrected chi connectivity index (χ4v) is 3.62. The fraction of sp³-hybridized carbons (Fsp3) is 0.348. The second kappa shape index (κ2) is 8.90. The van der Waals surface area contributed by atoms with E-state index in [2.05, 4.69) is 34.7 Å². The molecule has 29 heavy (non-hydrogen) atoms. The van der Waals surface area contributed by atoms with Crippen LogP contribution in [0.3, 0.4) is 0 Å². The van der Waals surface area contributed by atoms with Crippen molar-refractivity contribution in [1.29, 1.82) is 0 Å². The Kier molecular flexibility index (Phi) is 5.89. The van der Waals surface area contributed by atoms with Gasteiger partial charge in [-0.2, -0.15) is 0 Å². The molecule has 0 saturated heterocycles. The van der Waals surface area contributed by atoms with Gasteiger partial charge in [0, 0.05) is 5.56 Å². The molecule has 0 saturated carbocycles. The van der Waals surface area contributed by atoms with E-state index in [0.29, 0.717) is 29.4 Å². The maximum absolute atomic E-state index is 12.9. The number of aromatic nitrogens is 2. The first-order valence-electron chi connectivity index (χ1n) is 10.2. The van der Waals surface area contributed by atoms with Crippen molar-refractivity contribution in [1.82, 2.24) is 10.3 Å². The van der Waals surface area contributed by atoms with Crippen LogP contribution in [0.1, 0.15) is 54.1 Å². The molecule has 0 aliphatic heterocycles. The minimum atomic E-state index is -0.299. The molecule has 0 fully saturated rings. The van der Waals surface area contributed by atoms with E-state index >= 15 is 0 Å². The number of unbranched alkanes of at least 4 members (excludes halogenated alkanes) is 1. The third kappa shape index (κ3) is 4.31. The smallest absolute Gasteiger partial charge is 0.260 e. The minimum absolute atomic E-state index is 0.299. The Labute approximate surface area is 170 Å². The monoisotopic (exact) mass is 391 g/mol. The number of nitrogens with zero attached hydrogens (tertiary/aromatic N) is 2. The third-order valence-corrected chi connectivity index (χ3v) is 5.23. The predicted octanol–water partition coefficient (Wildman–Crippen LogP) is 5.05. The molecule has 1 aliphatic rings. The zero-order valence-corrected chi connectivity index (χ0v) is 16.6. The highest BCUT2D eigenvalue weighted by molar-refractivity contribution is 6.07. The summed E-state index contributed by atoms with van der Waals surface area (Å²) in [4.78, 5) is 12.9. The Hall–Kier alpha value is -3.15. The summed E-state index contributed by atoms with van der Waals surface area (Å²) in [7, 11) is 0. The quantitative estimate of drug-likeness (QED) is 0.571. The molecule has 6 heteroatoms. The summed E-state index contributed by atoms with van der Waals surface area (Å²) in [6.07, 6.45) is 6.59. The largest absolute Gasteiger partial charge is 0.493 e. The summed E-state index contributed by atoms with van der Waals surface area (Å²) in [5.41, 5.74) is 4.62. The van der Waals surface area contributed by atoms with Gasteiger partial charge in [0.2, 0.25) is 5.82 Å². The first kappa shape index (κ1) is 19.2. The Morgan fingerprint density at radius 1 is 1.10 bits per heavy atom. The van der Waals surface area contributed by atoms with Crippen LogP contribution in [0.15, 0.2) is 47.1 Å². The number of fused-ring (bicyclic) bond motifs is 1. The summed E-state index contributed by atoms with van der Waals surface area (Å²) in [5, 5.41) is 10.8. The maximum Gasteiger partial charge on any atom is 0.260 e. The lowest BCUT2D eigenvalue weighted by atomic mass is 9.90. The second-order valence-electron chi connectivity index (χ2n) is 7.30. The summed E-state index contributed by atoms with van der Waals surface area (Å²) in [6, 6.07) is 13.5. The number of hydrogen-bond acceptors (Lipinski definition) is 5. The number of nitrogens with one attached hydrogen (secondary N) is 1. The molecule has 1 amide bonds. The number of hydrogen-bond donors (Lipinski definition) is 1. The van der Waals surface area contributed by atoms with Crippen LogP contribution < -0.4 is 10.1 Å². The van der Waals surface area contributed by atoms with Crippen molar-refractivity contribution in [3.05, 3.63) is 59.2 Å². The van der Waals surface area contributed by atoms with Crippen LogP contribution in [0.4, 0.5) is 5.82 Å². The topological polar surface area (TPSA) is 77.2 Å². The molecule has 3 aromatic rings. The third-order valence-electron chi connectivity index (χ3n) is 5.23. The highest BCUT2D eigenvalue weighted by Gasteiger charge is 2.20. The number of ether oxygens (including phenoxy) is 1. The zero-order valence-electron chi connectivity index (χ0n) is 16.6. The number of rotatable bonds is 7. The van der Waals surface area contributed by atoms with E-state index in [1.807, 2.05) is 18.2 Å². The standard InChI is InChI=1S/C23H25N3O3/c1-2-3-14-28-20-11-7-6-10-19(20)23(27)24-22-21(25-29-26-22)18-13-12-16-8-4-5-9-17(16)15-18/h6-7,10-13,15H,2-5,8-9,14H2,1H3,(H,24,26,27). The van der Waals surface area contributed by atoms with Crippen molar-refractivity contribution in [3.8, 4) is 17.0 Å². The van der Waals surface area contributed by atoms with Gasteiger partial charge in [-0.1, -0.05) is 37.6 Å². The van der Waals surface area contributed by atoms with Crippen molar-refractivity contribution in [2.45, 2.75) is 45.4 Å². The van der Waals surface area contributed by atoms with Crippen LogP contribution in [0.5, 0.6) is 5.75 Å². The summed E-state index contributed by atoms with van der Waals surface area (Å²) >= 11 is 0. The Balaban J connectivity index is 1.55. The van der Waals surface area contributed by atoms with Crippen LogP contribution in [0.2, 0.25) is 0 Å². The van der Waals surface area contributed by atoms with Gasteiger partial charge >= 0.3 is 0 Å². The molecule has 1 N–H and O–H groups in total. The average molecular weight is 391 g/mol. The first-order chi connectivity index (χ1) is 14.3. The van der Waals surface area contributed by atoms with Gasteiger partial charge in [0.25, 0.3) is 5.91 Å². The van der Waals surface area contributed by atoms with Gasteiger partial charge in [0.05, 0.1) is 12.2 Å². The van der Waals surface area contributed by atoms with Gasteiger partial charge in [-0.25, -0.2) is 4.63 Å². The van der Waals surface area contributed by atoms with Gasteiger partial charge in [-0.15, -0.1) is 0 Å². The highest BCUT2D eigenvalue weighted by Crippen LogP contribution is 2.30. The van der Waals surface area contributed by atoms with E-state index in [-0.39, 0.29) is 5.91 Å². The lowest BCUT2D eigenvalue weighted by molar-refractivity contribution is 0.102. The lowest BCUT2D eigenvalue weighted by Crippen LogP contribution is -2.15. The summed E-state index contributed by atoms with van der Waals surface area (Å²) < 4.78 is 10.7. The average Bonchev–Trinajstić information content (AvgIpc) is 3.22. The maximum atomic E-state index is 12.9. The number of benzene rings is 2. The molecule has 0 radical (unpaired) electrons. The number of para-hydroxylation sites is 1.